The largest absolute Gasteiger partial charge is 0.390 e. The second-order valence-corrected chi connectivity index (χ2v) is 5.99. The summed E-state index contributed by atoms with van der Waals surface area (Å²) in [6, 6.07) is 0.154. The molecule has 1 N–H and O–H groups in total. The summed E-state index contributed by atoms with van der Waals surface area (Å²) in [5, 5.41) is 9.71. The Bertz CT molecular complexity index is 232. The van der Waals surface area contributed by atoms with Gasteiger partial charge in [-0.15, -0.1) is 0 Å². The summed E-state index contributed by atoms with van der Waals surface area (Å²) in [6.45, 7) is 5.07. The van der Waals surface area contributed by atoms with Gasteiger partial charge >= 0.3 is 0 Å². The van der Waals surface area contributed by atoms with Gasteiger partial charge in [-0.2, -0.15) is 0 Å². The number of ether oxygens (including phenoxy) is 1. The Balaban J connectivity index is 2.20. The second kappa shape index (κ2) is 7.80. The molecule has 1 saturated heterocycles. The quantitative estimate of drug-likeness (QED) is 0.548. The molecule has 0 aromatic rings. The van der Waals surface area contributed by atoms with E-state index < -0.39 is 13.3 Å². The van der Waals surface area contributed by atoms with E-state index in [0.29, 0.717) is 19.6 Å². The molecule has 1 rings (SSSR count). The topological polar surface area (TPSA) is 47.9 Å². The molecule has 7 heteroatoms. The first-order chi connectivity index (χ1) is 7.67. The summed E-state index contributed by atoms with van der Waals surface area (Å²) in [5.74, 6) is 0. The van der Waals surface area contributed by atoms with E-state index in [0.717, 1.165) is 13.7 Å². The zero-order valence-corrected chi connectivity index (χ0v) is 11.7. The Hall–Kier alpha value is 0.555. The van der Waals surface area contributed by atoms with Crippen LogP contribution in [0, 0.1) is 0 Å². The van der Waals surface area contributed by atoms with Crippen molar-refractivity contribution in [1.82, 2.24) is 0 Å². The third-order valence-corrected chi connectivity index (χ3v) is 4.09. The predicted octanol–water partition coefficient (Wildman–Crippen LogP) is 0.896. The maximum absolute atomic E-state index is 9.71. The second-order valence-electron chi connectivity index (χ2n) is 3.92. The van der Waals surface area contributed by atoms with Gasteiger partial charge in [-0.25, -0.2) is 0 Å². The lowest BCUT2D eigenvalue weighted by molar-refractivity contribution is 0.00251. The molecule has 2 unspecified atom stereocenters. The zero-order chi connectivity index (χ0) is 12.0. The molecule has 4 nitrogen and oxygen atoms in total. The predicted molar refractivity (Wildman–Crippen MR) is 70.2 cm³/mol. The maximum atomic E-state index is 9.71. The summed E-state index contributed by atoms with van der Waals surface area (Å²) in [5.41, 5.74) is 0. The minimum atomic E-state index is -1.59. The highest BCUT2D eigenvalue weighted by Crippen LogP contribution is 2.28. The summed E-state index contributed by atoms with van der Waals surface area (Å²) >= 11 is 5.05. The molecule has 94 valence electrons. The summed E-state index contributed by atoms with van der Waals surface area (Å²) in [6.07, 6.45) is 0.966. The van der Waals surface area contributed by atoms with Crippen molar-refractivity contribution in [1.29, 1.82) is 0 Å². The molecule has 0 aromatic heterocycles. The minimum absolute atomic E-state index is 0.154. The van der Waals surface area contributed by atoms with Gasteiger partial charge in [-0.1, -0.05) is 13.7 Å². The van der Waals surface area contributed by atoms with Crippen molar-refractivity contribution in [2.24, 2.45) is 0 Å². The first-order valence-electron chi connectivity index (χ1n) is 5.80. The van der Waals surface area contributed by atoms with E-state index in [1.165, 1.54) is 0 Å². The van der Waals surface area contributed by atoms with Gasteiger partial charge in [0.2, 0.25) is 0 Å². The van der Waals surface area contributed by atoms with Gasteiger partial charge in [0.25, 0.3) is 0 Å². The average molecular weight is 266 g/mol. The molecule has 0 aliphatic carbocycles. The van der Waals surface area contributed by atoms with Gasteiger partial charge in [0.1, 0.15) is 6.10 Å². The Morgan fingerprint density at radius 1 is 1.56 bits per heavy atom. The van der Waals surface area contributed by atoms with E-state index in [1.807, 2.05) is 13.7 Å². The van der Waals surface area contributed by atoms with Crippen LogP contribution in [-0.2, 0) is 25.6 Å². The standard InChI is InChI=1S/C9H20BO4PS/c1-3-4-12-15(16)13-6-8-7(11)5-9(10-2)14-8/h7-11,15H,3-6H2,1-2H3/t7-,8-,9?/m1/s1. The fraction of sp³-hybridized carbons (Fsp3) is 1.00. The van der Waals surface area contributed by atoms with Gasteiger partial charge in [0.05, 0.1) is 19.3 Å². The van der Waals surface area contributed by atoms with Gasteiger partial charge in [0.15, 0.2) is 14.4 Å². The Labute approximate surface area is 103 Å². The molecule has 1 aliphatic rings. The lowest BCUT2D eigenvalue weighted by Gasteiger charge is -2.15. The molecular weight excluding hydrogens is 246 g/mol. The number of rotatable bonds is 7. The Kier molecular flexibility index (Phi) is 7.12. The van der Waals surface area contributed by atoms with Crippen molar-refractivity contribution < 1.29 is 18.9 Å². The van der Waals surface area contributed by atoms with Crippen molar-refractivity contribution in [2.75, 3.05) is 13.2 Å². The summed E-state index contributed by atoms with van der Waals surface area (Å²) in [4.78, 5) is 0. The van der Waals surface area contributed by atoms with E-state index in [-0.39, 0.29) is 12.1 Å². The molecular formula is C9H20BO4PS. The number of aliphatic hydroxyl groups is 1. The highest BCUT2D eigenvalue weighted by molar-refractivity contribution is 8.00. The SMILES string of the molecule is CBC1C[C@@H](O)[C@@H](CO[PH](=S)OCCC)O1. The fourth-order valence-electron chi connectivity index (χ4n) is 1.61. The molecule has 1 fully saturated rings. The number of hydrogen-bond acceptors (Lipinski definition) is 5. The lowest BCUT2D eigenvalue weighted by atomic mass is 9.73. The van der Waals surface area contributed by atoms with Crippen molar-refractivity contribution in [2.45, 2.75) is 44.8 Å². The smallest absolute Gasteiger partial charge is 0.176 e. The molecule has 0 spiro atoms. The van der Waals surface area contributed by atoms with Crippen LogP contribution in [0.1, 0.15) is 19.8 Å². The normalized spacial score (nSPS) is 31.6. The van der Waals surface area contributed by atoms with Gasteiger partial charge in [-0.05, 0) is 24.6 Å². The average Bonchev–Trinajstić information content (AvgIpc) is 2.64. The Morgan fingerprint density at radius 2 is 2.31 bits per heavy atom. The zero-order valence-electron chi connectivity index (χ0n) is 9.85. The van der Waals surface area contributed by atoms with Gasteiger partial charge in [-0.3, -0.25) is 0 Å². The first-order valence-corrected chi connectivity index (χ1v) is 8.25. The highest BCUT2D eigenvalue weighted by Gasteiger charge is 2.33. The number of hydrogen-bond donors (Lipinski definition) is 1. The molecule has 0 bridgehead atoms. The molecule has 1 aliphatic heterocycles. The number of aliphatic hydroxyl groups excluding tert-OH is 1. The Morgan fingerprint density at radius 3 is 2.88 bits per heavy atom. The fourth-order valence-corrected chi connectivity index (χ4v) is 2.81. The van der Waals surface area contributed by atoms with Crippen LogP contribution in [-0.4, -0.2) is 43.8 Å². The van der Waals surface area contributed by atoms with Crippen LogP contribution in [0.4, 0.5) is 0 Å². The van der Waals surface area contributed by atoms with Crippen molar-refractivity contribution in [3.05, 3.63) is 0 Å². The maximum Gasteiger partial charge on any atom is 0.176 e. The van der Waals surface area contributed by atoms with Gasteiger partial charge in [0, 0.05) is 6.00 Å². The van der Waals surface area contributed by atoms with Crippen LogP contribution in [0.25, 0.3) is 0 Å². The van der Waals surface area contributed by atoms with Crippen LogP contribution in [0.2, 0.25) is 6.82 Å². The monoisotopic (exact) mass is 266 g/mol. The van der Waals surface area contributed by atoms with Crippen molar-refractivity contribution >= 4 is 26.2 Å². The van der Waals surface area contributed by atoms with Crippen LogP contribution >= 0.6 is 7.15 Å². The molecule has 0 radical (unpaired) electrons. The summed E-state index contributed by atoms with van der Waals surface area (Å²) in [7, 11) is -0.672. The van der Waals surface area contributed by atoms with Crippen LogP contribution in [0.3, 0.4) is 0 Å². The molecule has 1 heterocycles. The van der Waals surface area contributed by atoms with E-state index in [2.05, 4.69) is 0 Å². The minimum Gasteiger partial charge on any atom is -0.390 e. The van der Waals surface area contributed by atoms with E-state index >= 15 is 0 Å². The van der Waals surface area contributed by atoms with Gasteiger partial charge < -0.3 is 18.9 Å². The first kappa shape index (κ1) is 14.6. The molecule has 0 saturated carbocycles. The molecule has 0 aromatic carbocycles. The van der Waals surface area contributed by atoms with E-state index in [1.54, 1.807) is 0 Å². The summed E-state index contributed by atoms with van der Waals surface area (Å²) < 4.78 is 16.3. The third kappa shape index (κ3) is 4.82. The third-order valence-electron chi connectivity index (χ3n) is 2.55. The van der Waals surface area contributed by atoms with E-state index in [9.17, 15) is 5.11 Å². The molecule has 0 amide bonds. The van der Waals surface area contributed by atoms with Crippen LogP contribution in [0.15, 0.2) is 0 Å². The van der Waals surface area contributed by atoms with Crippen LogP contribution < -0.4 is 0 Å². The van der Waals surface area contributed by atoms with E-state index in [4.69, 9.17) is 25.6 Å². The molecule has 16 heavy (non-hydrogen) atoms. The molecule has 4 atom stereocenters. The highest BCUT2D eigenvalue weighted by atomic mass is 32.4. The van der Waals surface area contributed by atoms with Crippen molar-refractivity contribution in [3.63, 3.8) is 0 Å². The van der Waals surface area contributed by atoms with Crippen molar-refractivity contribution in [3.8, 4) is 0 Å². The van der Waals surface area contributed by atoms with Crippen LogP contribution in [0.5, 0.6) is 0 Å². The lowest BCUT2D eigenvalue weighted by Crippen LogP contribution is -2.25.